The van der Waals surface area contributed by atoms with Gasteiger partial charge in [0.05, 0.1) is 17.9 Å². The third-order valence-electron chi connectivity index (χ3n) is 2.80. The fourth-order valence-electron chi connectivity index (χ4n) is 1.99. The molecule has 0 aliphatic rings. The molecule has 0 radical (unpaired) electrons. The van der Waals surface area contributed by atoms with Gasteiger partial charge < -0.3 is 9.67 Å². The molecule has 0 atom stereocenters. The van der Waals surface area contributed by atoms with Crippen molar-refractivity contribution in [3.05, 3.63) is 5.69 Å². The minimum atomic E-state index is -4.29. The number of fused-ring (bicyclic) bond motifs is 1. The lowest BCUT2D eigenvalue weighted by Crippen LogP contribution is -2.14. The smallest absolute Gasteiger partial charge is 0.390 e. The summed E-state index contributed by atoms with van der Waals surface area (Å²) in [7, 11) is 1.62. The van der Waals surface area contributed by atoms with Crippen molar-refractivity contribution in [2.45, 2.75) is 31.2 Å². The van der Waals surface area contributed by atoms with Crippen LogP contribution in [0.3, 0.4) is 0 Å². The number of nitrogens with zero attached hydrogens (tertiary/aromatic N) is 4. The molecule has 10 heteroatoms. The SMILES string of the molecule is Cc1nn(C)c2c1nc(SCC(=O)O)n2CCC(F)(F)F. The Labute approximate surface area is 121 Å². The molecule has 21 heavy (non-hydrogen) atoms. The number of imidazole rings is 1. The zero-order valence-electron chi connectivity index (χ0n) is 11.3. The molecule has 0 saturated carbocycles. The first-order valence-electron chi connectivity index (χ1n) is 6.00. The minimum Gasteiger partial charge on any atom is -0.481 e. The van der Waals surface area contributed by atoms with Gasteiger partial charge in [0.2, 0.25) is 0 Å². The van der Waals surface area contributed by atoms with Gasteiger partial charge in [0, 0.05) is 13.6 Å². The highest BCUT2D eigenvalue weighted by Crippen LogP contribution is 2.28. The summed E-state index contributed by atoms with van der Waals surface area (Å²) < 4.78 is 40.2. The van der Waals surface area contributed by atoms with Crippen molar-refractivity contribution in [1.82, 2.24) is 19.3 Å². The van der Waals surface area contributed by atoms with Gasteiger partial charge in [-0.1, -0.05) is 11.8 Å². The van der Waals surface area contributed by atoms with E-state index in [1.165, 1.54) is 9.25 Å². The third-order valence-corrected chi connectivity index (χ3v) is 3.76. The van der Waals surface area contributed by atoms with Crippen molar-refractivity contribution >= 4 is 28.9 Å². The third kappa shape index (κ3) is 3.49. The molecule has 0 fully saturated rings. The second-order valence-corrected chi connectivity index (χ2v) is 5.42. The number of thioether (sulfide) groups is 1. The van der Waals surface area contributed by atoms with Gasteiger partial charge in [0.25, 0.3) is 0 Å². The quantitative estimate of drug-likeness (QED) is 0.855. The summed E-state index contributed by atoms with van der Waals surface area (Å²) in [5, 5.41) is 13.1. The number of halogens is 3. The van der Waals surface area contributed by atoms with E-state index in [0.717, 1.165) is 11.8 Å². The van der Waals surface area contributed by atoms with E-state index in [-0.39, 0.29) is 17.5 Å². The molecule has 2 rings (SSSR count). The first-order valence-corrected chi connectivity index (χ1v) is 6.99. The predicted molar refractivity (Wildman–Crippen MR) is 70.3 cm³/mol. The molecule has 0 bridgehead atoms. The summed E-state index contributed by atoms with van der Waals surface area (Å²) in [6.45, 7) is 1.38. The number of carboxylic acid groups (broad SMARTS) is 1. The van der Waals surface area contributed by atoms with E-state index in [0.29, 0.717) is 16.9 Å². The van der Waals surface area contributed by atoms with Crippen LogP contribution in [0.1, 0.15) is 12.1 Å². The molecule has 2 heterocycles. The number of aliphatic carboxylic acids is 1. The summed E-state index contributed by atoms with van der Waals surface area (Å²) in [6, 6.07) is 0. The average molecular weight is 322 g/mol. The molecular formula is C11H13F3N4O2S. The fourth-order valence-corrected chi connectivity index (χ4v) is 2.73. The normalized spacial score (nSPS) is 12.2. The lowest BCUT2D eigenvalue weighted by atomic mass is 10.4. The van der Waals surface area contributed by atoms with Gasteiger partial charge in [-0.05, 0) is 6.92 Å². The summed E-state index contributed by atoms with van der Waals surface area (Å²) in [4.78, 5) is 14.9. The second kappa shape index (κ2) is 5.58. The highest BCUT2D eigenvalue weighted by atomic mass is 32.2. The van der Waals surface area contributed by atoms with Gasteiger partial charge in [-0.3, -0.25) is 9.48 Å². The zero-order valence-corrected chi connectivity index (χ0v) is 12.1. The molecule has 0 aliphatic carbocycles. The van der Waals surface area contributed by atoms with Crippen LogP contribution >= 0.6 is 11.8 Å². The average Bonchev–Trinajstić information content (AvgIpc) is 2.83. The Kier molecular flexibility index (Phi) is 4.17. The molecule has 116 valence electrons. The van der Waals surface area contributed by atoms with Crippen LogP contribution in [0.4, 0.5) is 13.2 Å². The Hall–Kier alpha value is -1.71. The van der Waals surface area contributed by atoms with E-state index in [1.54, 1.807) is 14.0 Å². The number of rotatable bonds is 5. The molecule has 0 amide bonds. The van der Waals surface area contributed by atoms with E-state index in [1.807, 2.05) is 0 Å². The van der Waals surface area contributed by atoms with Crippen molar-refractivity contribution < 1.29 is 23.1 Å². The topological polar surface area (TPSA) is 72.9 Å². The number of aryl methyl sites for hydroxylation is 3. The molecule has 1 N–H and O–H groups in total. The molecule has 2 aromatic heterocycles. The molecule has 0 spiro atoms. The second-order valence-electron chi connectivity index (χ2n) is 4.47. The van der Waals surface area contributed by atoms with Gasteiger partial charge in [-0.15, -0.1) is 0 Å². The van der Waals surface area contributed by atoms with E-state index in [4.69, 9.17) is 5.11 Å². The fraction of sp³-hybridized carbons (Fsp3) is 0.545. The van der Waals surface area contributed by atoms with Crippen LogP contribution in [-0.2, 0) is 18.4 Å². The van der Waals surface area contributed by atoms with Crippen molar-refractivity contribution in [1.29, 1.82) is 0 Å². The molecular weight excluding hydrogens is 309 g/mol. The van der Waals surface area contributed by atoms with Crippen LogP contribution < -0.4 is 0 Å². The number of carboxylic acids is 1. The van der Waals surface area contributed by atoms with Crippen molar-refractivity contribution in [2.75, 3.05) is 5.75 Å². The highest BCUT2D eigenvalue weighted by Gasteiger charge is 2.28. The maximum atomic E-state index is 12.4. The van der Waals surface area contributed by atoms with Crippen LogP contribution in [-0.4, -0.2) is 42.3 Å². The van der Waals surface area contributed by atoms with Crippen LogP contribution in [0.15, 0.2) is 5.16 Å². The Balaban J connectivity index is 2.40. The number of aromatic nitrogens is 4. The predicted octanol–water partition coefficient (Wildman–Crippen LogP) is 2.21. The molecule has 0 aromatic carbocycles. The van der Waals surface area contributed by atoms with Gasteiger partial charge in [-0.25, -0.2) is 4.98 Å². The summed E-state index contributed by atoms with van der Waals surface area (Å²) in [6.07, 6.45) is -5.30. The standard InChI is InChI=1S/C11H13F3N4O2S/c1-6-8-9(17(2)16-6)18(4-3-11(12,13)14)10(15-8)21-5-7(19)20/h3-5H2,1-2H3,(H,19,20). The lowest BCUT2D eigenvalue weighted by Gasteiger charge is -2.10. The molecule has 0 unspecified atom stereocenters. The Morgan fingerprint density at radius 3 is 2.67 bits per heavy atom. The monoisotopic (exact) mass is 322 g/mol. The maximum absolute atomic E-state index is 12.4. The zero-order chi connectivity index (χ0) is 15.8. The number of alkyl halides is 3. The number of carbonyl (C=O) groups is 1. The van der Waals surface area contributed by atoms with Gasteiger partial charge in [0.1, 0.15) is 5.52 Å². The van der Waals surface area contributed by atoms with Gasteiger partial charge in [0.15, 0.2) is 10.8 Å². The van der Waals surface area contributed by atoms with E-state index in [9.17, 15) is 18.0 Å². The first-order chi connectivity index (χ1) is 9.69. The van der Waals surface area contributed by atoms with E-state index < -0.39 is 18.6 Å². The largest absolute Gasteiger partial charge is 0.481 e. The first kappa shape index (κ1) is 15.7. The summed E-state index contributed by atoms with van der Waals surface area (Å²) in [5.41, 5.74) is 1.55. The minimum absolute atomic E-state index is 0.257. The van der Waals surface area contributed by atoms with Crippen LogP contribution in [0.5, 0.6) is 0 Å². The van der Waals surface area contributed by atoms with E-state index >= 15 is 0 Å². The van der Waals surface area contributed by atoms with Gasteiger partial charge in [-0.2, -0.15) is 18.3 Å². The summed E-state index contributed by atoms with van der Waals surface area (Å²) in [5.74, 6) is -1.31. The van der Waals surface area contributed by atoms with Crippen molar-refractivity contribution in [3.63, 3.8) is 0 Å². The van der Waals surface area contributed by atoms with Crippen molar-refractivity contribution in [2.24, 2.45) is 7.05 Å². The Bertz CT molecular complexity index is 677. The number of hydrogen-bond donors (Lipinski definition) is 1. The molecule has 6 nitrogen and oxygen atoms in total. The Morgan fingerprint density at radius 2 is 2.10 bits per heavy atom. The van der Waals surface area contributed by atoms with E-state index in [2.05, 4.69) is 10.1 Å². The lowest BCUT2D eigenvalue weighted by molar-refractivity contribution is -0.137. The van der Waals surface area contributed by atoms with Crippen LogP contribution in [0, 0.1) is 6.92 Å². The summed E-state index contributed by atoms with van der Waals surface area (Å²) >= 11 is 0.897. The van der Waals surface area contributed by atoms with Crippen LogP contribution in [0.2, 0.25) is 0 Å². The molecule has 2 aromatic rings. The number of hydrogen-bond acceptors (Lipinski definition) is 4. The molecule has 0 aliphatic heterocycles. The Morgan fingerprint density at radius 1 is 1.43 bits per heavy atom. The van der Waals surface area contributed by atoms with Crippen molar-refractivity contribution in [3.8, 4) is 0 Å². The van der Waals surface area contributed by atoms with Crippen LogP contribution in [0.25, 0.3) is 11.2 Å². The van der Waals surface area contributed by atoms with Gasteiger partial charge >= 0.3 is 12.1 Å². The highest BCUT2D eigenvalue weighted by molar-refractivity contribution is 7.99. The molecule has 0 saturated heterocycles. The maximum Gasteiger partial charge on any atom is 0.390 e.